The average molecular weight is 584 g/mol. The van der Waals surface area contributed by atoms with Crippen LogP contribution in [0.3, 0.4) is 0 Å². The Bertz CT molecular complexity index is 1470. The Morgan fingerprint density at radius 2 is 1.67 bits per heavy atom. The first-order valence-corrected chi connectivity index (χ1v) is 13.3. The van der Waals surface area contributed by atoms with Crippen molar-refractivity contribution < 1.29 is 35.9 Å². The van der Waals surface area contributed by atoms with E-state index in [0.29, 0.717) is 39.6 Å². The molecular formula is C26H25ClF3N3O5S. The van der Waals surface area contributed by atoms with Gasteiger partial charge in [-0.2, -0.15) is 18.3 Å². The lowest BCUT2D eigenvalue weighted by atomic mass is 10.1. The highest BCUT2D eigenvalue weighted by atomic mass is 35.5. The van der Waals surface area contributed by atoms with Gasteiger partial charge in [0.1, 0.15) is 6.54 Å². The summed E-state index contributed by atoms with van der Waals surface area (Å²) >= 11 is 5.72. The van der Waals surface area contributed by atoms with Crippen LogP contribution in [0.4, 0.5) is 18.9 Å². The van der Waals surface area contributed by atoms with Crippen molar-refractivity contribution in [1.82, 2.24) is 5.43 Å². The Labute approximate surface area is 229 Å². The van der Waals surface area contributed by atoms with Gasteiger partial charge in [0.25, 0.3) is 15.9 Å². The summed E-state index contributed by atoms with van der Waals surface area (Å²) in [5, 5.41) is 3.50. The molecule has 0 saturated carbocycles. The molecule has 39 heavy (non-hydrogen) atoms. The molecule has 1 N–H and O–H groups in total. The van der Waals surface area contributed by atoms with Gasteiger partial charge in [0, 0.05) is 5.56 Å². The summed E-state index contributed by atoms with van der Waals surface area (Å²) in [6.45, 7) is 0.933. The number of nitrogens with one attached hydrogen (secondary N) is 1. The van der Waals surface area contributed by atoms with Gasteiger partial charge < -0.3 is 9.47 Å². The summed E-state index contributed by atoms with van der Waals surface area (Å²) in [6, 6.07) is 14.6. The molecule has 0 aliphatic carbocycles. The molecule has 0 heterocycles. The number of anilines is 1. The predicted octanol–water partition coefficient (Wildman–Crippen LogP) is 5.50. The van der Waals surface area contributed by atoms with Crippen molar-refractivity contribution in [1.29, 1.82) is 0 Å². The molecule has 0 aliphatic rings. The lowest BCUT2D eigenvalue weighted by Gasteiger charge is -2.25. The zero-order valence-electron chi connectivity index (χ0n) is 21.1. The van der Waals surface area contributed by atoms with Gasteiger partial charge in [-0.05, 0) is 55.0 Å². The molecule has 0 atom stereocenters. The molecule has 0 spiro atoms. The summed E-state index contributed by atoms with van der Waals surface area (Å²) in [5.74, 6) is 0.0407. The third kappa shape index (κ3) is 7.01. The van der Waals surface area contributed by atoms with Crippen LogP contribution >= 0.6 is 11.6 Å². The van der Waals surface area contributed by atoms with Crippen LogP contribution in [0.15, 0.2) is 76.7 Å². The molecule has 1 amide bonds. The Kier molecular flexibility index (Phi) is 9.46. The molecule has 0 radical (unpaired) electrons. The summed E-state index contributed by atoms with van der Waals surface area (Å²) in [4.78, 5) is 12.7. The average Bonchev–Trinajstić information content (AvgIpc) is 2.92. The van der Waals surface area contributed by atoms with E-state index in [2.05, 4.69) is 10.5 Å². The Hall–Kier alpha value is -3.77. The minimum atomic E-state index is -4.85. The fraction of sp³-hybridized carbons (Fsp3) is 0.231. The van der Waals surface area contributed by atoms with E-state index in [1.807, 2.05) is 0 Å². The molecule has 0 aliphatic heterocycles. The number of ether oxygens (including phenoxy) is 2. The Morgan fingerprint density at radius 3 is 2.26 bits per heavy atom. The molecule has 3 aromatic rings. The number of amides is 1. The highest BCUT2D eigenvalue weighted by molar-refractivity contribution is 7.92. The van der Waals surface area contributed by atoms with Crippen molar-refractivity contribution in [3.05, 3.63) is 82.9 Å². The van der Waals surface area contributed by atoms with Crippen LogP contribution in [-0.2, 0) is 21.0 Å². The molecule has 0 bridgehead atoms. The predicted molar refractivity (Wildman–Crippen MR) is 142 cm³/mol. The van der Waals surface area contributed by atoms with E-state index in [9.17, 15) is 26.4 Å². The lowest BCUT2D eigenvalue weighted by molar-refractivity contribution is -0.137. The first-order valence-electron chi connectivity index (χ1n) is 11.4. The molecule has 0 fully saturated rings. The summed E-state index contributed by atoms with van der Waals surface area (Å²) in [7, 11) is -1.50. The Morgan fingerprint density at radius 1 is 1.00 bits per heavy atom. The molecular weight excluding hydrogens is 559 g/mol. The maximum Gasteiger partial charge on any atom is 0.417 e. The van der Waals surface area contributed by atoms with Crippen LogP contribution in [0.2, 0.25) is 5.02 Å². The number of sulfonamides is 1. The van der Waals surface area contributed by atoms with Crippen molar-refractivity contribution in [3.8, 4) is 11.5 Å². The van der Waals surface area contributed by atoms with Gasteiger partial charge in [-0.3, -0.25) is 9.10 Å². The largest absolute Gasteiger partial charge is 0.493 e. The van der Waals surface area contributed by atoms with E-state index in [0.717, 1.165) is 12.1 Å². The fourth-order valence-electron chi connectivity index (χ4n) is 3.58. The van der Waals surface area contributed by atoms with E-state index >= 15 is 0 Å². The smallest absolute Gasteiger partial charge is 0.417 e. The zero-order chi connectivity index (χ0) is 28.8. The van der Waals surface area contributed by atoms with E-state index in [-0.39, 0.29) is 4.90 Å². The topological polar surface area (TPSA) is 97.3 Å². The molecule has 208 valence electrons. The van der Waals surface area contributed by atoms with Gasteiger partial charge in [0.2, 0.25) is 0 Å². The minimum absolute atomic E-state index is 0.218. The SMILES string of the molecule is CC/C(=N\NC(=O)CN(c1ccc(Cl)c(C(F)(F)F)c1)S(=O)(=O)c1ccccc1)c1ccc(OC)c(OC)c1. The van der Waals surface area contributed by atoms with Crippen LogP contribution in [0.5, 0.6) is 11.5 Å². The van der Waals surface area contributed by atoms with Crippen molar-refractivity contribution in [2.75, 3.05) is 25.1 Å². The first kappa shape index (κ1) is 29.8. The van der Waals surface area contributed by atoms with Crippen molar-refractivity contribution in [2.24, 2.45) is 5.10 Å². The van der Waals surface area contributed by atoms with E-state index in [4.69, 9.17) is 21.1 Å². The molecule has 0 saturated heterocycles. The number of carbonyl (C=O) groups is 1. The normalized spacial score (nSPS) is 12.1. The minimum Gasteiger partial charge on any atom is -0.493 e. The standard InChI is InChI=1S/C26H25ClF3N3O5S/c1-4-22(17-10-13-23(37-2)24(14-17)38-3)31-32-25(34)16-33(39(35,36)19-8-6-5-7-9-19)18-11-12-21(27)20(15-18)26(28,29)30/h5-15H,4,16H2,1-3H3,(H,32,34)/b31-22+. The second-order valence-corrected chi connectivity index (χ2v) is 10.3. The van der Waals surface area contributed by atoms with E-state index in [1.165, 1.54) is 38.5 Å². The molecule has 13 heteroatoms. The maximum absolute atomic E-state index is 13.5. The second kappa shape index (κ2) is 12.4. The van der Waals surface area contributed by atoms with Gasteiger partial charge in [0.05, 0.1) is 41.1 Å². The number of hydrogen-bond donors (Lipinski definition) is 1. The number of carbonyl (C=O) groups excluding carboxylic acids is 1. The molecule has 8 nitrogen and oxygen atoms in total. The van der Waals surface area contributed by atoms with E-state index < -0.39 is 44.9 Å². The quantitative estimate of drug-likeness (QED) is 0.251. The number of rotatable bonds is 10. The van der Waals surface area contributed by atoms with Crippen LogP contribution in [-0.4, -0.2) is 40.8 Å². The van der Waals surface area contributed by atoms with Crippen LogP contribution in [0.25, 0.3) is 0 Å². The van der Waals surface area contributed by atoms with Crippen molar-refractivity contribution in [3.63, 3.8) is 0 Å². The van der Waals surface area contributed by atoms with Gasteiger partial charge in [-0.1, -0.05) is 36.7 Å². The van der Waals surface area contributed by atoms with Crippen LogP contribution in [0, 0.1) is 0 Å². The molecule has 0 unspecified atom stereocenters. The summed E-state index contributed by atoms with van der Waals surface area (Å²) in [5.41, 5.74) is 1.71. The number of hydrazone groups is 1. The van der Waals surface area contributed by atoms with Gasteiger partial charge in [-0.25, -0.2) is 13.8 Å². The number of methoxy groups -OCH3 is 2. The molecule has 3 aromatic carbocycles. The number of halogens is 4. The molecule has 3 rings (SSSR count). The molecule has 0 aromatic heterocycles. The van der Waals surface area contributed by atoms with Gasteiger partial charge in [-0.15, -0.1) is 0 Å². The lowest BCUT2D eigenvalue weighted by Crippen LogP contribution is -2.40. The fourth-order valence-corrected chi connectivity index (χ4v) is 5.24. The third-order valence-electron chi connectivity index (χ3n) is 5.53. The zero-order valence-corrected chi connectivity index (χ0v) is 22.7. The number of nitrogens with zero attached hydrogens (tertiary/aromatic N) is 2. The summed E-state index contributed by atoms with van der Waals surface area (Å²) in [6.07, 6.45) is -4.47. The van der Waals surface area contributed by atoms with Gasteiger partial charge in [0.15, 0.2) is 11.5 Å². The van der Waals surface area contributed by atoms with E-state index in [1.54, 1.807) is 31.2 Å². The van der Waals surface area contributed by atoms with Crippen LogP contribution < -0.4 is 19.2 Å². The van der Waals surface area contributed by atoms with Gasteiger partial charge >= 0.3 is 6.18 Å². The van der Waals surface area contributed by atoms with Crippen molar-refractivity contribution in [2.45, 2.75) is 24.4 Å². The maximum atomic E-state index is 13.5. The van der Waals surface area contributed by atoms with Crippen molar-refractivity contribution >= 4 is 38.9 Å². The third-order valence-corrected chi connectivity index (χ3v) is 7.65. The number of alkyl halides is 3. The Balaban J connectivity index is 1.97. The highest BCUT2D eigenvalue weighted by Crippen LogP contribution is 2.38. The number of hydrogen-bond acceptors (Lipinski definition) is 6. The summed E-state index contributed by atoms with van der Waals surface area (Å²) < 4.78 is 78.5. The second-order valence-electron chi connectivity index (χ2n) is 8.00. The monoisotopic (exact) mass is 583 g/mol. The highest BCUT2D eigenvalue weighted by Gasteiger charge is 2.35. The number of benzene rings is 3. The van der Waals surface area contributed by atoms with Crippen LogP contribution in [0.1, 0.15) is 24.5 Å². The first-order chi connectivity index (χ1) is 18.4.